The molecular weight excluding hydrogens is 342 g/mol. The molecule has 142 valence electrons. The monoisotopic (exact) mass is 367 g/mol. The number of carbonyl (C=O) groups is 1. The summed E-state index contributed by atoms with van der Waals surface area (Å²) < 4.78 is 11.3. The van der Waals surface area contributed by atoms with E-state index in [1.807, 2.05) is 31.2 Å². The van der Waals surface area contributed by atoms with E-state index >= 15 is 0 Å². The highest BCUT2D eigenvalue weighted by Crippen LogP contribution is 2.44. The number of hydrogen-bond donors (Lipinski definition) is 1. The van der Waals surface area contributed by atoms with E-state index in [-0.39, 0.29) is 30.6 Å². The zero-order valence-electron chi connectivity index (χ0n) is 15.5. The van der Waals surface area contributed by atoms with Crippen LogP contribution in [0, 0.1) is 5.92 Å². The molecule has 27 heavy (non-hydrogen) atoms. The van der Waals surface area contributed by atoms with E-state index in [0.29, 0.717) is 26.3 Å². The van der Waals surface area contributed by atoms with E-state index in [0.717, 1.165) is 0 Å². The summed E-state index contributed by atoms with van der Waals surface area (Å²) in [7, 11) is 0. The minimum Gasteiger partial charge on any atom is -0.448 e. The van der Waals surface area contributed by atoms with Crippen molar-refractivity contribution in [2.24, 2.45) is 5.92 Å². The predicted molar refractivity (Wildman–Crippen MR) is 103 cm³/mol. The predicted octanol–water partition coefficient (Wildman–Crippen LogP) is 3.26. The van der Waals surface area contributed by atoms with Gasteiger partial charge in [0, 0.05) is 25.0 Å². The zero-order chi connectivity index (χ0) is 18.8. The number of fused-ring (bicyclic) bond motifs is 3. The molecular formula is C22H25NO4. The molecule has 1 saturated heterocycles. The average Bonchev–Trinajstić information content (AvgIpc) is 3.26. The van der Waals surface area contributed by atoms with Crippen molar-refractivity contribution >= 4 is 6.09 Å². The Labute approximate surface area is 159 Å². The molecule has 0 bridgehead atoms. The molecule has 0 spiro atoms. The molecule has 2 aromatic rings. The SMILES string of the molecule is CCOC1CN(C(=O)OCC2c3ccccc3-c3ccccc32)CC1CO. The first kappa shape index (κ1) is 18.0. The molecule has 1 heterocycles. The van der Waals surface area contributed by atoms with Crippen LogP contribution in [0.4, 0.5) is 4.79 Å². The fourth-order valence-electron chi connectivity index (χ4n) is 4.25. The van der Waals surface area contributed by atoms with E-state index in [1.54, 1.807) is 4.90 Å². The van der Waals surface area contributed by atoms with Crippen LogP contribution in [0.15, 0.2) is 48.5 Å². The van der Waals surface area contributed by atoms with Gasteiger partial charge in [0.15, 0.2) is 0 Å². The first-order chi connectivity index (χ1) is 13.2. The van der Waals surface area contributed by atoms with Crippen LogP contribution in [0.1, 0.15) is 24.0 Å². The van der Waals surface area contributed by atoms with Crippen molar-refractivity contribution in [3.05, 3.63) is 59.7 Å². The molecule has 1 aliphatic heterocycles. The van der Waals surface area contributed by atoms with Gasteiger partial charge in [0.1, 0.15) is 6.61 Å². The first-order valence-electron chi connectivity index (χ1n) is 9.55. The lowest BCUT2D eigenvalue weighted by atomic mass is 9.98. The minimum atomic E-state index is -0.336. The van der Waals surface area contributed by atoms with Crippen molar-refractivity contribution in [2.75, 3.05) is 32.9 Å². The van der Waals surface area contributed by atoms with Crippen molar-refractivity contribution in [1.82, 2.24) is 4.90 Å². The first-order valence-corrected chi connectivity index (χ1v) is 9.55. The topological polar surface area (TPSA) is 59.0 Å². The molecule has 2 unspecified atom stereocenters. The van der Waals surface area contributed by atoms with Crippen molar-refractivity contribution in [1.29, 1.82) is 0 Å². The van der Waals surface area contributed by atoms with Crippen LogP contribution in [-0.4, -0.2) is 55.1 Å². The van der Waals surface area contributed by atoms with Crippen LogP contribution in [-0.2, 0) is 9.47 Å². The molecule has 1 aliphatic carbocycles. The Balaban J connectivity index is 1.45. The lowest BCUT2D eigenvalue weighted by Gasteiger charge is -2.19. The summed E-state index contributed by atoms with van der Waals surface area (Å²) in [4.78, 5) is 14.3. The van der Waals surface area contributed by atoms with E-state index in [1.165, 1.54) is 22.3 Å². The van der Waals surface area contributed by atoms with Gasteiger partial charge in [-0.1, -0.05) is 48.5 Å². The number of ether oxygens (including phenoxy) is 2. The fraction of sp³-hybridized carbons (Fsp3) is 0.409. The standard InChI is InChI=1S/C22H25NO4/c1-2-26-21-12-23(11-15(21)13-24)22(25)27-14-20-18-9-5-3-7-16(18)17-8-4-6-10-19(17)20/h3-10,15,20-21,24H,2,11-14H2,1H3. The van der Waals surface area contributed by atoms with Gasteiger partial charge < -0.3 is 19.5 Å². The summed E-state index contributed by atoms with van der Waals surface area (Å²) >= 11 is 0. The van der Waals surface area contributed by atoms with Gasteiger partial charge >= 0.3 is 6.09 Å². The molecule has 0 saturated carbocycles. The van der Waals surface area contributed by atoms with Crippen LogP contribution in [0.3, 0.4) is 0 Å². The number of hydrogen-bond acceptors (Lipinski definition) is 4. The highest BCUT2D eigenvalue weighted by molar-refractivity contribution is 5.79. The van der Waals surface area contributed by atoms with E-state index in [9.17, 15) is 9.90 Å². The van der Waals surface area contributed by atoms with Crippen LogP contribution in [0.5, 0.6) is 0 Å². The molecule has 4 rings (SSSR count). The summed E-state index contributed by atoms with van der Waals surface area (Å²) in [6.45, 7) is 3.75. The molecule has 1 N–H and O–H groups in total. The highest BCUT2D eigenvalue weighted by Gasteiger charge is 2.37. The van der Waals surface area contributed by atoms with E-state index in [4.69, 9.17) is 9.47 Å². The average molecular weight is 367 g/mol. The molecule has 5 heteroatoms. The number of aliphatic hydroxyl groups excluding tert-OH is 1. The lowest BCUT2D eigenvalue weighted by Crippen LogP contribution is -2.31. The van der Waals surface area contributed by atoms with E-state index in [2.05, 4.69) is 24.3 Å². The van der Waals surface area contributed by atoms with Crippen molar-refractivity contribution < 1.29 is 19.4 Å². The molecule has 2 aromatic carbocycles. The number of nitrogens with zero attached hydrogens (tertiary/aromatic N) is 1. The van der Waals surface area contributed by atoms with Gasteiger partial charge in [-0.2, -0.15) is 0 Å². The minimum absolute atomic E-state index is 0.0117. The third kappa shape index (κ3) is 3.33. The molecule has 0 radical (unpaired) electrons. The smallest absolute Gasteiger partial charge is 0.409 e. The summed E-state index contributed by atoms with van der Waals surface area (Å²) in [5.74, 6) is 0.00529. The normalized spacial score (nSPS) is 21.2. The number of carbonyl (C=O) groups excluding carboxylic acids is 1. The maximum absolute atomic E-state index is 12.6. The molecule has 2 aliphatic rings. The number of rotatable bonds is 5. The third-order valence-corrected chi connectivity index (χ3v) is 5.59. The van der Waals surface area contributed by atoms with Crippen molar-refractivity contribution in [3.63, 3.8) is 0 Å². The Morgan fingerprint density at radius 1 is 1.07 bits per heavy atom. The van der Waals surface area contributed by atoms with Crippen LogP contribution in [0.2, 0.25) is 0 Å². The van der Waals surface area contributed by atoms with E-state index < -0.39 is 0 Å². The van der Waals surface area contributed by atoms with Gasteiger partial charge in [0.2, 0.25) is 0 Å². The number of benzene rings is 2. The molecule has 5 nitrogen and oxygen atoms in total. The second-order valence-electron chi connectivity index (χ2n) is 7.15. The number of aliphatic hydroxyl groups is 1. The largest absolute Gasteiger partial charge is 0.448 e. The second kappa shape index (κ2) is 7.71. The summed E-state index contributed by atoms with van der Waals surface area (Å²) in [6, 6.07) is 16.6. The molecule has 1 amide bonds. The Morgan fingerprint density at radius 2 is 1.70 bits per heavy atom. The second-order valence-corrected chi connectivity index (χ2v) is 7.15. The Bertz CT molecular complexity index is 776. The van der Waals surface area contributed by atoms with Gasteiger partial charge in [0.05, 0.1) is 19.3 Å². The summed E-state index contributed by atoms with van der Waals surface area (Å²) in [5, 5.41) is 9.52. The van der Waals surface area contributed by atoms with Crippen LogP contribution >= 0.6 is 0 Å². The lowest BCUT2D eigenvalue weighted by molar-refractivity contribution is 0.0256. The Kier molecular flexibility index (Phi) is 5.14. The van der Waals surface area contributed by atoms with Gasteiger partial charge in [-0.05, 0) is 29.2 Å². The van der Waals surface area contributed by atoms with Gasteiger partial charge in [-0.3, -0.25) is 0 Å². The maximum atomic E-state index is 12.6. The fourth-order valence-corrected chi connectivity index (χ4v) is 4.25. The number of likely N-dealkylation sites (tertiary alicyclic amines) is 1. The van der Waals surface area contributed by atoms with Crippen molar-refractivity contribution in [2.45, 2.75) is 18.9 Å². The summed E-state index contributed by atoms with van der Waals surface area (Å²) in [6.07, 6.45) is -0.460. The Hall–Kier alpha value is -2.37. The Morgan fingerprint density at radius 3 is 2.30 bits per heavy atom. The van der Waals surface area contributed by atoms with Crippen molar-refractivity contribution in [3.8, 4) is 11.1 Å². The molecule has 2 atom stereocenters. The van der Waals surface area contributed by atoms with Gasteiger partial charge in [-0.15, -0.1) is 0 Å². The highest BCUT2D eigenvalue weighted by atomic mass is 16.6. The summed E-state index contributed by atoms with van der Waals surface area (Å²) in [5.41, 5.74) is 4.83. The van der Waals surface area contributed by atoms with Gasteiger partial charge in [0.25, 0.3) is 0 Å². The zero-order valence-corrected chi connectivity index (χ0v) is 15.5. The third-order valence-electron chi connectivity index (χ3n) is 5.59. The molecule has 0 aromatic heterocycles. The van der Waals surface area contributed by atoms with Gasteiger partial charge in [-0.25, -0.2) is 4.79 Å². The molecule has 1 fully saturated rings. The quantitative estimate of drug-likeness (QED) is 0.881. The maximum Gasteiger partial charge on any atom is 0.409 e. The van der Waals surface area contributed by atoms with Crippen LogP contribution in [0.25, 0.3) is 11.1 Å². The number of amides is 1. The van der Waals surface area contributed by atoms with Crippen LogP contribution < -0.4 is 0 Å².